The highest BCUT2D eigenvalue weighted by Gasteiger charge is 2.41. The van der Waals surface area contributed by atoms with Crippen LogP contribution in [0.1, 0.15) is 0 Å². The van der Waals surface area contributed by atoms with Crippen molar-refractivity contribution in [2.75, 3.05) is 0 Å². The van der Waals surface area contributed by atoms with E-state index in [1.165, 1.54) is 12.1 Å². The molecule has 84 valence electrons. The predicted molar refractivity (Wildman–Crippen MR) is 49.1 cm³/mol. The minimum absolute atomic E-state index is 0.144. The molecule has 1 aromatic carbocycles. The van der Waals surface area contributed by atoms with Gasteiger partial charge in [-0.1, -0.05) is 6.07 Å². The van der Waals surface area contributed by atoms with Crippen LogP contribution in [-0.2, 0) is 4.79 Å². The van der Waals surface area contributed by atoms with E-state index in [4.69, 9.17) is 0 Å². The molecule has 0 amide bonds. The summed E-state index contributed by atoms with van der Waals surface area (Å²) in [5, 5.41) is 0. The van der Waals surface area contributed by atoms with E-state index in [1.54, 1.807) is 6.07 Å². The molecule has 0 N–H and O–H groups in total. The number of hydrogen-bond donors (Lipinski definition) is 0. The summed E-state index contributed by atoms with van der Waals surface area (Å²) in [7, 11) is 0. The predicted octanol–water partition coefficient (Wildman–Crippen LogP) is 2.16. The second-order valence-electron chi connectivity index (χ2n) is 2.78. The van der Waals surface area contributed by atoms with Crippen molar-refractivity contribution < 1.29 is 22.7 Å². The molecule has 2 rings (SSSR count). The summed E-state index contributed by atoms with van der Waals surface area (Å²) in [4.78, 5) is 10.6. The summed E-state index contributed by atoms with van der Waals surface area (Å²) in [6, 6.07) is 4.22. The van der Waals surface area contributed by atoms with Crippen molar-refractivity contribution in [3.05, 3.63) is 18.2 Å². The van der Waals surface area contributed by atoms with Gasteiger partial charge < -0.3 is 4.74 Å². The smallest absolute Gasteiger partial charge is 0.417 e. The maximum atomic E-state index is 12.0. The van der Waals surface area contributed by atoms with Gasteiger partial charge in [0.05, 0.1) is 11.7 Å². The molecule has 0 atom stereocenters. The van der Waals surface area contributed by atoms with Gasteiger partial charge in [0, 0.05) is 0 Å². The maximum absolute atomic E-state index is 12.0. The molecule has 0 aliphatic carbocycles. The molecule has 0 fully saturated rings. The zero-order chi connectivity index (χ0) is 11.8. The summed E-state index contributed by atoms with van der Waals surface area (Å²) in [5.41, 5.74) is 0.530. The first-order valence-electron chi connectivity index (χ1n) is 3.99. The second kappa shape index (κ2) is 3.71. The number of fused-ring (bicyclic) bond motifs is 1. The lowest BCUT2D eigenvalue weighted by Gasteiger charge is -2.06. The average molecular weight is 248 g/mol. The Morgan fingerprint density at radius 1 is 1.31 bits per heavy atom. The van der Waals surface area contributed by atoms with Crippen molar-refractivity contribution in [2.24, 2.45) is 0 Å². The maximum Gasteiger partial charge on any atom is 0.491 e. The fraction of sp³-hybridized carbons (Fsp3) is 0.125. The number of alkyl halides is 3. The molecule has 0 saturated heterocycles. The van der Waals surface area contributed by atoms with Crippen LogP contribution in [0.2, 0.25) is 0 Å². The Kier molecular flexibility index (Phi) is 2.50. The molecular weight excluding hydrogens is 245 g/mol. The van der Waals surface area contributed by atoms with Crippen molar-refractivity contribution in [1.82, 2.24) is 8.75 Å². The third-order valence-electron chi connectivity index (χ3n) is 1.68. The number of esters is 1. The highest BCUT2D eigenvalue weighted by molar-refractivity contribution is 7.00. The molecule has 0 radical (unpaired) electrons. The number of nitrogens with zero attached hydrogens (tertiary/aromatic N) is 2. The lowest BCUT2D eigenvalue weighted by molar-refractivity contribution is -0.189. The third kappa shape index (κ3) is 1.96. The highest BCUT2D eigenvalue weighted by atomic mass is 32.1. The molecule has 0 aliphatic rings. The van der Waals surface area contributed by atoms with E-state index in [9.17, 15) is 18.0 Å². The van der Waals surface area contributed by atoms with Crippen molar-refractivity contribution in [3.8, 4) is 5.75 Å². The molecule has 8 heteroatoms. The van der Waals surface area contributed by atoms with Gasteiger partial charge in [0.2, 0.25) is 0 Å². The molecule has 1 aromatic heterocycles. The zero-order valence-electron chi connectivity index (χ0n) is 7.49. The van der Waals surface area contributed by atoms with Crippen molar-refractivity contribution >= 4 is 28.7 Å². The van der Waals surface area contributed by atoms with Crippen LogP contribution in [0.3, 0.4) is 0 Å². The molecule has 0 unspecified atom stereocenters. The fourth-order valence-electron chi connectivity index (χ4n) is 1.02. The van der Waals surface area contributed by atoms with E-state index in [1.807, 2.05) is 0 Å². The first-order chi connectivity index (χ1) is 7.48. The quantitative estimate of drug-likeness (QED) is 0.573. The first kappa shape index (κ1) is 10.8. The lowest BCUT2D eigenvalue weighted by atomic mass is 10.3. The van der Waals surface area contributed by atoms with Gasteiger partial charge in [-0.15, -0.1) is 0 Å². The number of aromatic nitrogens is 2. The van der Waals surface area contributed by atoms with Gasteiger partial charge in [-0.05, 0) is 12.1 Å². The van der Waals surface area contributed by atoms with E-state index in [0.717, 1.165) is 11.7 Å². The Bertz CT molecular complexity index is 537. The number of halogens is 3. The Morgan fingerprint density at radius 3 is 2.75 bits per heavy atom. The first-order valence-corrected chi connectivity index (χ1v) is 4.72. The van der Waals surface area contributed by atoms with Crippen molar-refractivity contribution in [1.29, 1.82) is 0 Å². The molecule has 1 heterocycles. The molecule has 0 aliphatic heterocycles. The van der Waals surface area contributed by atoms with Crippen LogP contribution in [0.15, 0.2) is 18.2 Å². The standard InChI is InChI=1S/C8H3F3N2O2S/c9-8(10,11)7(14)15-5-3-1-2-4-6(5)13-16-12-4/h1-3H. The van der Waals surface area contributed by atoms with Crippen LogP contribution >= 0.6 is 11.7 Å². The van der Waals surface area contributed by atoms with Crippen LogP contribution in [0.25, 0.3) is 11.0 Å². The van der Waals surface area contributed by atoms with E-state index in [-0.39, 0.29) is 11.3 Å². The van der Waals surface area contributed by atoms with Gasteiger partial charge in [0.1, 0.15) is 11.0 Å². The highest BCUT2D eigenvalue weighted by Crippen LogP contribution is 2.26. The number of carbonyl (C=O) groups excluding carboxylic acids is 1. The van der Waals surface area contributed by atoms with Crippen LogP contribution in [0, 0.1) is 0 Å². The second-order valence-corrected chi connectivity index (χ2v) is 3.30. The number of ether oxygens (including phenoxy) is 1. The number of hydrogen-bond acceptors (Lipinski definition) is 5. The van der Waals surface area contributed by atoms with E-state index >= 15 is 0 Å². The summed E-state index contributed by atoms with van der Waals surface area (Å²) >= 11 is 0.829. The van der Waals surface area contributed by atoms with Crippen LogP contribution in [0.5, 0.6) is 5.75 Å². The Balaban J connectivity index is 2.35. The lowest BCUT2D eigenvalue weighted by Crippen LogP contribution is -2.28. The van der Waals surface area contributed by atoms with Gasteiger partial charge in [0.15, 0.2) is 5.75 Å². The van der Waals surface area contributed by atoms with Gasteiger partial charge in [0.25, 0.3) is 0 Å². The third-order valence-corrected chi connectivity index (χ3v) is 2.23. The van der Waals surface area contributed by atoms with Gasteiger partial charge >= 0.3 is 12.1 Å². The molecule has 0 saturated carbocycles. The van der Waals surface area contributed by atoms with Gasteiger partial charge in [-0.3, -0.25) is 0 Å². The molecule has 4 nitrogen and oxygen atoms in total. The van der Waals surface area contributed by atoms with Crippen LogP contribution in [0.4, 0.5) is 13.2 Å². The summed E-state index contributed by atoms with van der Waals surface area (Å²) < 4.78 is 47.6. The minimum Gasteiger partial charge on any atom is -0.417 e. The Hall–Kier alpha value is -1.70. The number of benzene rings is 1. The molecule has 0 spiro atoms. The molecule has 0 bridgehead atoms. The molecule has 2 aromatic rings. The largest absolute Gasteiger partial charge is 0.491 e. The van der Waals surface area contributed by atoms with Crippen molar-refractivity contribution in [2.45, 2.75) is 6.18 Å². The fourth-order valence-corrected chi connectivity index (χ4v) is 1.56. The van der Waals surface area contributed by atoms with E-state index in [0.29, 0.717) is 5.52 Å². The Morgan fingerprint density at radius 2 is 2.06 bits per heavy atom. The molecule has 16 heavy (non-hydrogen) atoms. The van der Waals surface area contributed by atoms with Gasteiger partial charge in [-0.25, -0.2) is 4.79 Å². The van der Waals surface area contributed by atoms with E-state index < -0.39 is 12.1 Å². The monoisotopic (exact) mass is 248 g/mol. The average Bonchev–Trinajstić information content (AvgIpc) is 2.65. The summed E-state index contributed by atoms with van der Waals surface area (Å²) in [6.45, 7) is 0. The summed E-state index contributed by atoms with van der Waals surface area (Å²) in [5.74, 6) is -2.51. The van der Waals surface area contributed by atoms with E-state index in [2.05, 4.69) is 13.5 Å². The topological polar surface area (TPSA) is 52.1 Å². The van der Waals surface area contributed by atoms with Gasteiger partial charge in [-0.2, -0.15) is 21.9 Å². The SMILES string of the molecule is O=C(Oc1cccc2nsnc12)C(F)(F)F. The Labute approximate surface area is 91.0 Å². The normalized spacial score (nSPS) is 11.7. The minimum atomic E-state index is -5.02. The number of rotatable bonds is 1. The van der Waals surface area contributed by atoms with Crippen LogP contribution < -0.4 is 4.74 Å². The summed E-state index contributed by atoms with van der Waals surface area (Å²) in [6.07, 6.45) is -5.02. The van der Waals surface area contributed by atoms with Crippen molar-refractivity contribution in [3.63, 3.8) is 0 Å². The number of carbonyl (C=O) groups is 1. The zero-order valence-corrected chi connectivity index (χ0v) is 8.30. The molecular formula is C8H3F3N2O2S. The van der Waals surface area contributed by atoms with Crippen LogP contribution in [-0.4, -0.2) is 20.9 Å².